The number of rotatable bonds is 7. The van der Waals surface area contributed by atoms with Crippen LogP contribution >= 0.6 is 0 Å². The van der Waals surface area contributed by atoms with Crippen molar-refractivity contribution in [1.29, 1.82) is 0 Å². The number of carbonyl (C=O) groups is 3. The summed E-state index contributed by atoms with van der Waals surface area (Å²) in [7, 11) is 0. The molecule has 0 saturated heterocycles. The second-order valence-electron chi connectivity index (χ2n) is 7.25. The van der Waals surface area contributed by atoms with Crippen molar-refractivity contribution in [1.82, 2.24) is 0 Å². The fraction of sp³-hybridized carbons (Fsp3) is 0.318. The van der Waals surface area contributed by atoms with Crippen molar-refractivity contribution in [3.05, 3.63) is 65.7 Å². The second kappa shape index (κ2) is 8.62. The predicted molar refractivity (Wildman–Crippen MR) is 102 cm³/mol. The molecule has 1 unspecified atom stereocenters. The Morgan fingerprint density at radius 2 is 1.52 bits per heavy atom. The topological polar surface area (TPSA) is 69.7 Å². The summed E-state index contributed by atoms with van der Waals surface area (Å²) in [6.07, 6.45) is 0. The van der Waals surface area contributed by atoms with E-state index < -0.39 is 29.1 Å². The van der Waals surface area contributed by atoms with Crippen LogP contribution in [0, 0.1) is 5.92 Å². The van der Waals surface area contributed by atoms with Gasteiger partial charge >= 0.3 is 5.97 Å². The van der Waals surface area contributed by atoms with Gasteiger partial charge in [-0.15, -0.1) is 0 Å². The Kier molecular flexibility index (Phi) is 6.50. The number of esters is 1. The van der Waals surface area contributed by atoms with Crippen molar-refractivity contribution in [3.8, 4) is 5.75 Å². The number of ether oxygens (including phenoxy) is 2. The largest absolute Gasteiger partial charge is 0.489 e. The second-order valence-corrected chi connectivity index (χ2v) is 7.25. The Labute approximate surface area is 159 Å². The minimum absolute atomic E-state index is 0.339. The third-order valence-corrected chi connectivity index (χ3v) is 3.77. The highest BCUT2D eigenvalue weighted by molar-refractivity contribution is 6.39. The van der Waals surface area contributed by atoms with Gasteiger partial charge in [-0.25, -0.2) is 4.79 Å². The van der Waals surface area contributed by atoms with Gasteiger partial charge in [-0.05, 0) is 57.5 Å². The Morgan fingerprint density at radius 1 is 0.926 bits per heavy atom. The summed E-state index contributed by atoms with van der Waals surface area (Å²) in [5, 5.41) is 0. The molecule has 2 aromatic carbocycles. The van der Waals surface area contributed by atoms with Crippen molar-refractivity contribution in [2.24, 2.45) is 5.92 Å². The maximum Gasteiger partial charge on any atom is 0.375 e. The summed E-state index contributed by atoms with van der Waals surface area (Å²) in [6, 6.07) is 16.2. The fourth-order valence-corrected chi connectivity index (χ4v) is 2.33. The lowest BCUT2D eigenvalue weighted by Gasteiger charge is -2.19. The summed E-state index contributed by atoms with van der Waals surface area (Å²) in [4.78, 5) is 36.5. The minimum atomic E-state index is -1.10. The van der Waals surface area contributed by atoms with Gasteiger partial charge in [0.2, 0.25) is 0 Å². The third-order valence-electron chi connectivity index (χ3n) is 3.77. The standard InChI is InChI=1S/C22H24O5/c1-15(20(24)21(25)27-22(2,3)4)19(23)17-10-12-18(13-11-17)26-14-16-8-6-5-7-9-16/h5-13,15H,14H2,1-4H3. The molecule has 0 heterocycles. The summed E-state index contributed by atoms with van der Waals surface area (Å²) < 4.78 is 10.7. The normalized spacial score (nSPS) is 12.1. The van der Waals surface area contributed by atoms with E-state index in [9.17, 15) is 14.4 Å². The molecule has 0 spiro atoms. The summed E-state index contributed by atoms with van der Waals surface area (Å²) in [5.74, 6) is -2.76. The first-order valence-corrected chi connectivity index (χ1v) is 8.75. The van der Waals surface area contributed by atoms with E-state index in [0.29, 0.717) is 17.9 Å². The molecule has 0 radical (unpaired) electrons. The Hall–Kier alpha value is -2.95. The molecule has 0 aliphatic rings. The first-order chi connectivity index (χ1) is 12.7. The van der Waals surface area contributed by atoms with Crippen LogP contribution in [-0.2, 0) is 20.9 Å². The van der Waals surface area contributed by atoms with E-state index in [2.05, 4.69) is 0 Å². The molecule has 5 heteroatoms. The third kappa shape index (κ3) is 6.06. The zero-order valence-electron chi connectivity index (χ0n) is 16.0. The molecule has 0 saturated carbocycles. The molecule has 0 aliphatic heterocycles. The van der Waals surface area contributed by atoms with E-state index in [4.69, 9.17) is 9.47 Å². The van der Waals surface area contributed by atoms with E-state index in [0.717, 1.165) is 5.56 Å². The molecule has 1 atom stereocenters. The first kappa shape index (κ1) is 20.4. The van der Waals surface area contributed by atoms with E-state index in [1.54, 1.807) is 45.0 Å². The highest BCUT2D eigenvalue weighted by Crippen LogP contribution is 2.18. The summed E-state index contributed by atoms with van der Waals surface area (Å²) in [5.41, 5.74) is 0.591. The van der Waals surface area contributed by atoms with Crippen LogP contribution in [0.25, 0.3) is 0 Å². The molecule has 0 amide bonds. The average Bonchev–Trinajstić information content (AvgIpc) is 2.64. The van der Waals surface area contributed by atoms with Crippen molar-refractivity contribution in [2.75, 3.05) is 0 Å². The smallest absolute Gasteiger partial charge is 0.375 e. The number of benzene rings is 2. The highest BCUT2D eigenvalue weighted by Gasteiger charge is 2.31. The Balaban J connectivity index is 1.97. The van der Waals surface area contributed by atoms with Crippen LogP contribution in [-0.4, -0.2) is 23.1 Å². The lowest BCUT2D eigenvalue weighted by atomic mass is 9.95. The highest BCUT2D eigenvalue weighted by atomic mass is 16.6. The lowest BCUT2D eigenvalue weighted by Crippen LogP contribution is -2.34. The zero-order valence-corrected chi connectivity index (χ0v) is 16.0. The fourth-order valence-electron chi connectivity index (χ4n) is 2.33. The van der Waals surface area contributed by atoms with Gasteiger partial charge in [-0.3, -0.25) is 9.59 Å². The summed E-state index contributed by atoms with van der Waals surface area (Å²) in [6.45, 7) is 6.83. The van der Waals surface area contributed by atoms with E-state index in [-0.39, 0.29) is 0 Å². The zero-order chi connectivity index (χ0) is 20.0. The van der Waals surface area contributed by atoms with Crippen molar-refractivity contribution in [3.63, 3.8) is 0 Å². The molecule has 0 N–H and O–H groups in total. The molecular weight excluding hydrogens is 344 g/mol. The molecule has 2 aromatic rings. The minimum Gasteiger partial charge on any atom is -0.489 e. The predicted octanol–water partition coefficient (Wildman–Crippen LogP) is 4.00. The maximum atomic E-state index is 12.5. The van der Waals surface area contributed by atoms with Crippen molar-refractivity contribution < 1.29 is 23.9 Å². The van der Waals surface area contributed by atoms with Crippen LogP contribution in [0.3, 0.4) is 0 Å². The molecular formula is C22H24O5. The van der Waals surface area contributed by atoms with Gasteiger partial charge in [0.05, 0.1) is 5.92 Å². The van der Waals surface area contributed by atoms with E-state index >= 15 is 0 Å². The summed E-state index contributed by atoms with van der Waals surface area (Å²) >= 11 is 0. The Morgan fingerprint density at radius 3 is 2.07 bits per heavy atom. The van der Waals surface area contributed by atoms with Crippen LogP contribution in [0.4, 0.5) is 0 Å². The molecule has 0 fully saturated rings. The van der Waals surface area contributed by atoms with Crippen LogP contribution in [0.2, 0.25) is 0 Å². The molecule has 27 heavy (non-hydrogen) atoms. The van der Waals surface area contributed by atoms with Gasteiger partial charge in [-0.1, -0.05) is 30.3 Å². The maximum absolute atomic E-state index is 12.5. The molecule has 0 aliphatic carbocycles. The number of carbonyl (C=O) groups excluding carboxylic acids is 3. The average molecular weight is 368 g/mol. The van der Waals surface area contributed by atoms with Gasteiger partial charge in [0.15, 0.2) is 5.78 Å². The van der Waals surface area contributed by atoms with Crippen LogP contribution in [0.15, 0.2) is 54.6 Å². The number of hydrogen-bond donors (Lipinski definition) is 0. The first-order valence-electron chi connectivity index (χ1n) is 8.75. The lowest BCUT2D eigenvalue weighted by molar-refractivity contribution is -0.163. The molecule has 0 bridgehead atoms. The molecule has 2 rings (SSSR count). The molecule has 5 nitrogen and oxygen atoms in total. The van der Waals surface area contributed by atoms with E-state index in [1.807, 2.05) is 30.3 Å². The van der Waals surface area contributed by atoms with Crippen molar-refractivity contribution in [2.45, 2.75) is 39.9 Å². The van der Waals surface area contributed by atoms with E-state index in [1.165, 1.54) is 6.92 Å². The quantitative estimate of drug-likeness (QED) is 0.320. The monoisotopic (exact) mass is 368 g/mol. The van der Waals surface area contributed by atoms with Gasteiger partial charge < -0.3 is 9.47 Å². The van der Waals surface area contributed by atoms with Crippen LogP contribution < -0.4 is 4.74 Å². The number of ketones is 2. The van der Waals surface area contributed by atoms with Crippen LogP contribution in [0.1, 0.15) is 43.6 Å². The van der Waals surface area contributed by atoms with Gasteiger partial charge in [0.1, 0.15) is 18.0 Å². The van der Waals surface area contributed by atoms with Crippen LogP contribution in [0.5, 0.6) is 5.75 Å². The SMILES string of the molecule is CC(C(=O)C(=O)OC(C)(C)C)C(=O)c1ccc(OCc2ccccc2)cc1. The van der Waals surface area contributed by atoms with Crippen molar-refractivity contribution >= 4 is 17.5 Å². The Bertz CT molecular complexity index is 801. The van der Waals surface area contributed by atoms with Gasteiger partial charge in [0, 0.05) is 5.56 Å². The number of Topliss-reactive ketones (excluding diaryl/α,β-unsaturated/α-hetero) is 2. The molecule has 142 valence electrons. The van der Waals surface area contributed by atoms with Gasteiger partial charge in [-0.2, -0.15) is 0 Å². The van der Waals surface area contributed by atoms with Gasteiger partial charge in [0.25, 0.3) is 5.78 Å². The molecule has 0 aromatic heterocycles. The number of hydrogen-bond acceptors (Lipinski definition) is 5.